The Labute approximate surface area is 100 Å². The molecule has 6 nitrogen and oxygen atoms in total. The van der Waals surface area contributed by atoms with Crippen LogP contribution in [0, 0.1) is 5.92 Å². The quantitative estimate of drug-likeness (QED) is 0.566. The fraction of sp³-hybridized carbons (Fsp3) is 0.818. The van der Waals surface area contributed by atoms with Crippen LogP contribution in [0.25, 0.3) is 0 Å². The van der Waals surface area contributed by atoms with Gasteiger partial charge in [0.25, 0.3) is 0 Å². The molecule has 2 fully saturated rings. The summed E-state index contributed by atoms with van der Waals surface area (Å²) >= 11 is 0. The summed E-state index contributed by atoms with van der Waals surface area (Å²) in [7, 11) is 0. The van der Waals surface area contributed by atoms with Gasteiger partial charge in [0.05, 0.1) is 25.2 Å². The van der Waals surface area contributed by atoms with Gasteiger partial charge in [-0.25, -0.2) is 0 Å². The van der Waals surface area contributed by atoms with Gasteiger partial charge in [-0.3, -0.25) is 9.59 Å². The lowest BCUT2D eigenvalue weighted by molar-refractivity contribution is -0.126. The van der Waals surface area contributed by atoms with Crippen molar-refractivity contribution in [1.82, 2.24) is 16.0 Å². The number of carbonyl (C=O) groups is 2. The molecule has 0 saturated carbocycles. The van der Waals surface area contributed by atoms with E-state index in [1.54, 1.807) is 0 Å². The van der Waals surface area contributed by atoms with E-state index in [1.165, 1.54) is 0 Å². The minimum absolute atomic E-state index is 0.00112. The van der Waals surface area contributed by atoms with E-state index >= 15 is 0 Å². The first-order valence-electron chi connectivity index (χ1n) is 6.09. The molecule has 2 rings (SSSR count). The summed E-state index contributed by atoms with van der Waals surface area (Å²) in [6.07, 6.45) is 0.380. The van der Waals surface area contributed by atoms with Gasteiger partial charge >= 0.3 is 0 Å². The highest BCUT2D eigenvalue weighted by atomic mass is 16.5. The smallest absolute Gasteiger partial charge is 0.227 e. The number of likely N-dealkylation sites (N-methyl/N-ethyl adjacent to an activating group) is 1. The predicted molar refractivity (Wildman–Crippen MR) is 61.3 cm³/mol. The van der Waals surface area contributed by atoms with Crippen molar-refractivity contribution in [2.75, 3.05) is 26.3 Å². The van der Waals surface area contributed by atoms with Crippen molar-refractivity contribution in [3.05, 3.63) is 0 Å². The van der Waals surface area contributed by atoms with E-state index in [0.717, 1.165) is 6.54 Å². The third-order valence-electron chi connectivity index (χ3n) is 3.21. The van der Waals surface area contributed by atoms with E-state index in [1.807, 2.05) is 6.92 Å². The molecule has 6 heteroatoms. The Balaban J connectivity index is 1.84. The Bertz CT molecular complexity index is 308. The Kier molecular flexibility index (Phi) is 3.96. The molecule has 0 aromatic carbocycles. The first-order valence-corrected chi connectivity index (χ1v) is 6.09. The van der Waals surface area contributed by atoms with Crippen molar-refractivity contribution in [2.45, 2.75) is 25.4 Å². The average molecular weight is 241 g/mol. The predicted octanol–water partition coefficient (Wildman–Crippen LogP) is -1.38. The summed E-state index contributed by atoms with van der Waals surface area (Å²) in [6.45, 7) is 4.39. The molecule has 0 bridgehead atoms. The normalized spacial score (nSPS) is 32.5. The number of nitrogens with one attached hydrogen (secondary N) is 3. The van der Waals surface area contributed by atoms with Crippen LogP contribution >= 0.6 is 0 Å². The fourth-order valence-corrected chi connectivity index (χ4v) is 2.29. The van der Waals surface area contributed by atoms with Gasteiger partial charge in [-0.1, -0.05) is 6.92 Å². The van der Waals surface area contributed by atoms with Crippen LogP contribution in [0.3, 0.4) is 0 Å². The van der Waals surface area contributed by atoms with Gasteiger partial charge in [0.1, 0.15) is 0 Å². The summed E-state index contributed by atoms with van der Waals surface area (Å²) in [4.78, 5) is 23.0. The highest BCUT2D eigenvalue weighted by molar-refractivity contribution is 5.83. The summed E-state index contributed by atoms with van der Waals surface area (Å²) in [5, 5.41) is 8.84. The maximum absolute atomic E-state index is 12.0. The molecule has 0 aliphatic carbocycles. The Hall–Kier alpha value is -1.14. The summed E-state index contributed by atoms with van der Waals surface area (Å²) in [5.41, 5.74) is 0. The first kappa shape index (κ1) is 12.3. The average Bonchev–Trinajstić information content (AvgIpc) is 2.88. The Morgan fingerprint density at radius 1 is 1.53 bits per heavy atom. The van der Waals surface area contributed by atoms with Crippen molar-refractivity contribution in [3.63, 3.8) is 0 Å². The molecule has 2 aliphatic heterocycles. The van der Waals surface area contributed by atoms with E-state index in [0.29, 0.717) is 26.2 Å². The molecule has 2 heterocycles. The lowest BCUT2D eigenvalue weighted by Gasteiger charge is -2.19. The van der Waals surface area contributed by atoms with Gasteiger partial charge in [-0.2, -0.15) is 0 Å². The molecule has 2 aliphatic rings. The Morgan fingerprint density at radius 3 is 3.00 bits per heavy atom. The maximum Gasteiger partial charge on any atom is 0.227 e. The highest BCUT2D eigenvalue weighted by Gasteiger charge is 2.35. The van der Waals surface area contributed by atoms with Crippen LogP contribution in [0.5, 0.6) is 0 Å². The fourth-order valence-electron chi connectivity index (χ4n) is 2.29. The topological polar surface area (TPSA) is 79.5 Å². The molecule has 3 unspecified atom stereocenters. The van der Waals surface area contributed by atoms with E-state index in [2.05, 4.69) is 16.0 Å². The van der Waals surface area contributed by atoms with Gasteiger partial charge in [-0.05, 0) is 6.54 Å². The molecule has 0 radical (unpaired) electrons. The van der Waals surface area contributed by atoms with Crippen molar-refractivity contribution in [1.29, 1.82) is 0 Å². The molecule has 0 aromatic heterocycles. The lowest BCUT2D eigenvalue weighted by Crippen LogP contribution is -2.47. The summed E-state index contributed by atoms with van der Waals surface area (Å²) in [6, 6.07) is 0.0166. The van der Waals surface area contributed by atoms with Crippen LogP contribution in [0.15, 0.2) is 0 Å². The van der Waals surface area contributed by atoms with Gasteiger partial charge in [0.15, 0.2) is 0 Å². The van der Waals surface area contributed by atoms with E-state index < -0.39 is 0 Å². The second-order valence-corrected chi connectivity index (χ2v) is 4.52. The van der Waals surface area contributed by atoms with E-state index in [-0.39, 0.29) is 29.8 Å². The SMILES string of the molecule is CCNC1COCC1C(=O)NC1CNC(=O)C1. The summed E-state index contributed by atoms with van der Waals surface area (Å²) < 4.78 is 5.32. The van der Waals surface area contributed by atoms with Crippen molar-refractivity contribution in [2.24, 2.45) is 5.92 Å². The zero-order valence-corrected chi connectivity index (χ0v) is 9.99. The molecule has 2 saturated heterocycles. The standard InChI is InChI=1S/C11H19N3O3/c1-2-12-9-6-17-5-8(9)11(16)14-7-3-10(15)13-4-7/h7-9,12H,2-6H2,1H3,(H,13,15)(H,14,16). The van der Waals surface area contributed by atoms with E-state index in [9.17, 15) is 9.59 Å². The lowest BCUT2D eigenvalue weighted by atomic mass is 10.0. The molecular weight excluding hydrogens is 222 g/mol. The van der Waals surface area contributed by atoms with Crippen LogP contribution in [0.4, 0.5) is 0 Å². The monoisotopic (exact) mass is 241 g/mol. The number of hydrogen-bond donors (Lipinski definition) is 3. The van der Waals surface area contributed by atoms with Crippen LogP contribution in [-0.2, 0) is 14.3 Å². The summed E-state index contributed by atoms with van der Waals surface area (Å²) in [5.74, 6) is -0.165. The molecule has 96 valence electrons. The van der Waals surface area contributed by atoms with Crippen molar-refractivity contribution in [3.8, 4) is 0 Å². The zero-order chi connectivity index (χ0) is 12.3. The molecule has 17 heavy (non-hydrogen) atoms. The van der Waals surface area contributed by atoms with Gasteiger partial charge in [-0.15, -0.1) is 0 Å². The van der Waals surface area contributed by atoms with Crippen molar-refractivity contribution < 1.29 is 14.3 Å². The van der Waals surface area contributed by atoms with Crippen LogP contribution in [0.1, 0.15) is 13.3 Å². The third-order valence-corrected chi connectivity index (χ3v) is 3.21. The molecule has 0 aromatic rings. The second-order valence-electron chi connectivity index (χ2n) is 4.52. The van der Waals surface area contributed by atoms with Crippen molar-refractivity contribution >= 4 is 11.8 Å². The van der Waals surface area contributed by atoms with Gasteiger partial charge < -0.3 is 20.7 Å². The molecule has 0 spiro atoms. The number of rotatable bonds is 4. The minimum Gasteiger partial charge on any atom is -0.379 e. The van der Waals surface area contributed by atoms with E-state index in [4.69, 9.17) is 4.74 Å². The maximum atomic E-state index is 12.0. The molecule has 3 N–H and O–H groups in total. The molecule has 3 atom stereocenters. The van der Waals surface area contributed by atoms with Crippen LogP contribution in [-0.4, -0.2) is 50.2 Å². The van der Waals surface area contributed by atoms with Crippen LogP contribution in [0.2, 0.25) is 0 Å². The second kappa shape index (κ2) is 5.46. The number of hydrogen-bond acceptors (Lipinski definition) is 4. The highest BCUT2D eigenvalue weighted by Crippen LogP contribution is 2.14. The number of amides is 2. The molecule has 2 amide bonds. The largest absolute Gasteiger partial charge is 0.379 e. The van der Waals surface area contributed by atoms with Crippen LogP contribution < -0.4 is 16.0 Å². The Morgan fingerprint density at radius 2 is 2.35 bits per heavy atom. The van der Waals surface area contributed by atoms with Gasteiger partial charge in [0.2, 0.25) is 11.8 Å². The minimum atomic E-state index is -0.148. The third kappa shape index (κ3) is 2.95. The zero-order valence-electron chi connectivity index (χ0n) is 9.99. The number of ether oxygens (including phenoxy) is 1. The first-order chi connectivity index (χ1) is 8.20. The number of carbonyl (C=O) groups excluding carboxylic acids is 2. The molecular formula is C11H19N3O3. The van der Waals surface area contributed by atoms with Gasteiger partial charge in [0, 0.05) is 19.0 Å².